The Kier molecular flexibility index (Phi) is 3.63. The normalized spacial score (nSPS) is 15.4. The molecule has 0 amide bonds. The van der Waals surface area contributed by atoms with E-state index in [1.807, 2.05) is 0 Å². The summed E-state index contributed by atoms with van der Waals surface area (Å²) in [6.07, 6.45) is 1.88. The molecule has 1 aliphatic carbocycles. The third-order valence-corrected chi connectivity index (χ3v) is 4.76. The molecular weight excluding hydrogens is 322 g/mol. The van der Waals surface area contributed by atoms with Crippen LogP contribution in [0.3, 0.4) is 0 Å². The standard InChI is InChI=1S/C11H12BrNO4S/c12-9-4-3-8(11(14)15)5-10(9)13-18(16,17)6-7-1-2-7/h3-5,7,13H,1-2,6H2,(H,14,15). The average Bonchev–Trinajstić information content (AvgIpc) is 3.03. The van der Waals surface area contributed by atoms with Crippen molar-refractivity contribution in [3.63, 3.8) is 0 Å². The van der Waals surface area contributed by atoms with Gasteiger partial charge in [-0.15, -0.1) is 0 Å². The monoisotopic (exact) mass is 333 g/mol. The number of sulfonamides is 1. The Morgan fingerprint density at radius 1 is 1.44 bits per heavy atom. The molecule has 7 heteroatoms. The van der Waals surface area contributed by atoms with Crippen LogP contribution in [0.1, 0.15) is 23.2 Å². The molecule has 1 aromatic carbocycles. The first-order chi connectivity index (χ1) is 8.37. The van der Waals surface area contributed by atoms with Crippen molar-refractivity contribution in [2.45, 2.75) is 12.8 Å². The molecule has 0 saturated heterocycles. The van der Waals surface area contributed by atoms with E-state index in [9.17, 15) is 13.2 Å². The zero-order chi connectivity index (χ0) is 13.3. The SMILES string of the molecule is O=C(O)c1ccc(Br)c(NS(=O)(=O)CC2CC2)c1. The molecule has 2 N–H and O–H groups in total. The molecule has 0 spiro atoms. The van der Waals surface area contributed by atoms with Crippen LogP contribution in [0.2, 0.25) is 0 Å². The second kappa shape index (κ2) is 4.89. The van der Waals surface area contributed by atoms with Gasteiger partial charge in [0.1, 0.15) is 0 Å². The highest BCUT2D eigenvalue weighted by atomic mass is 79.9. The van der Waals surface area contributed by atoms with Crippen molar-refractivity contribution in [1.82, 2.24) is 0 Å². The van der Waals surface area contributed by atoms with Crippen molar-refractivity contribution in [2.24, 2.45) is 5.92 Å². The molecule has 1 fully saturated rings. The highest BCUT2D eigenvalue weighted by Crippen LogP contribution is 2.31. The Labute approximate surface area is 113 Å². The molecule has 2 rings (SSSR count). The van der Waals surface area contributed by atoms with E-state index in [1.165, 1.54) is 18.2 Å². The Hall–Kier alpha value is -1.08. The molecule has 1 saturated carbocycles. The molecule has 0 aliphatic heterocycles. The Balaban J connectivity index is 2.21. The van der Waals surface area contributed by atoms with Gasteiger partial charge in [-0.25, -0.2) is 13.2 Å². The van der Waals surface area contributed by atoms with Crippen molar-refractivity contribution < 1.29 is 18.3 Å². The lowest BCUT2D eigenvalue weighted by atomic mass is 10.2. The molecule has 1 aliphatic rings. The van der Waals surface area contributed by atoms with E-state index in [1.54, 1.807) is 0 Å². The van der Waals surface area contributed by atoms with Crippen LogP contribution in [0.15, 0.2) is 22.7 Å². The Morgan fingerprint density at radius 3 is 2.67 bits per heavy atom. The van der Waals surface area contributed by atoms with Gasteiger partial charge in [-0.05, 0) is 52.9 Å². The molecule has 18 heavy (non-hydrogen) atoms. The number of hydrogen-bond donors (Lipinski definition) is 2. The number of carbonyl (C=O) groups is 1. The Bertz CT molecular complexity index is 581. The Morgan fingerprint density at radius 2 is 2.11 bits per heavy atom. The summed E-state index contributed by atoms with van der Waals surface area (Å²) >= 11 is 3.19. The molecule has 5 nitrogen and oxygen atoms in total. The van der Waals surface area contributed by atoms with E-state index in [4.69, 9.17) is 5.11 Å². The van der Waals surface area contributed by atoms with E-state index >= 15 is 0 Å². The maximum absolute atomic E-state index is 11.8. The number of aromatic carboxylic acids is 1. The first-order valence-corrected chi connectivity index (χ1v) is 7.85. The summed E-state index contributed by atoms with van der Waals surface area (Å²) in [6, 6.07) is 4.22. The molecule has 0 heterocycles. The zero-order valence-corrected chi connectivity index (χ0v) is 11.8. The summed E-state index contributed by atoms with van der Waals surface area (Å²) in [7, 11) is -3.41. The number of nitrogens with one attached hydrogen (secondary N) is 1. The number of carboxylic acid groups (broad SMARTS) is 1. The number of anilines is 1. The van der Waals surface area contributed by atoms with Gasteiger partial charge < -0.3 is 5.11 Å². The number of halogens is 1. The first kappa shape index (κ1) is 13.4. The maximum atomic E-state index is 11.8. The van der Waals surface area contributed by atoms with Gasteiger partial charge in [0.05, 0.1) is 17.0 Å². The smallest absolute Gasteiger partial charge is 0.335 e. The fraction of sp³-hybridized carbons (Fsp3) is 0.364. The van der Waals surface area contributed by atoms with E-state index in [0.717, 1.165) is 12.8 Å². The highest BCUT2D eigenvalue weighted by Gasteiger charge is 2.28. The van der Waals surface area contributed by atoms with Crippen molar-refractivity contribution in [3.05, 3.63) is 28.2 Å². The van der Waals surface area contributed by atoms with Gasteiger partial charge in [-0.2, -0.15) is 0 Å². The third kappa shape index (κ3) is 3.46. The van der Waals surface area contributed by atoms with Crippen molar-refractivity contribution in [3.8, 4) is 0 Å². The minimum Gasteiger partial charge on any atom is -0.478 e. The van der Waals surface area contributed by atoms with Crippen LogP contribution in [0.25, 0.3) is 0 Å². The molecular formula is C11H12BrNO4S. The number of carboxylic acids is 1. The predicted octanol–water partition coefficient (Wildman–Crippen LogP) is 2.30. The van der Waals surface area contributed by atoms with Gasteiger partial charge in [0, 0.05) is 4.47 Å². The summed E-state index contributed by atoms with van der Waals surface area (Å²) in [5.74, 6) is -0.759. The lowest BCUT2D eigenvalue weighted by molar-refractivity contribution is 0.0697. The highest BCUT2D eigenvalue weighted by molar-refractivity contribution is 9.10. The summed E-state index contributed by atoms with van der Waals surface area (Å²) in [6.45, 7) is 0. The molecule has 0 bridgehead atoms. The van der Waals surface area contributed by atoms with Gasteiger partial charge in [-0.1, -0.05) is 0 Å². The van der Waals surface area contributed by atoms with Crippen LogP contribution >= 0.6 is 15.9 Å². The van der Waals surface area contributed by atoms with E-state index in [-0.39, 0.29) is 22.9 Å². The van der Waals surface area contributed by atoms with Crippen LogP contribution in [0, 0.1) is 5.92 Å². The second-order valence-corrected chi connectivity index (χ2v) is 6.95. The number of hydrogen-bond acceptors (Lipinski definition) is 3. The average molecular weight is 334 g/mol. The molecule has 1 aromatic rings. The van der Waals surface area contributed by atoms with E-state index in [2.05, 4.69) is 20.7 Å². The maximum Gasteiger partial charge on any atom is 0.335 e. The van der Waals surface area contributed by atoms with Crippen LogP contribution in [0.4, 0.5) is 5.69 Å². The zero-order valence-electron chi connectivity index (χ0n) is 9.39. The minimum absolute atomic E-state index is 0.0438. The van der Waals surface area contributed by atoms with Gasteiger partial charge in [-0.3, -0.25) is 4.72 Å². The molecule has 98 valence electrons. The fourth-order valence-electron chi connectivity index (χ4n) is 1.54. The first-order valence-electron chi connectivity index (χ1n) is 5.41. The van der Waals surface area contributed by atoms with Gasteiger partial charge in [0.2, 0.25) is 10.0 Å². The van der Waals surface area contributed by atoms with Gasteiger partial charge in [0.25, 0.3) is 0 Å². The van der Waals surface area contributed by atoms with Crippen LogP contribution in [-0.2, 0) is 10.0 Å². The number of rotatable bonds is 5. The summed E-state index contributed by atoms with van der Waals surface area (Å²) in [4.78, 5) is 10.8. The lowest BCUT2D eigenvalue weighted by Gasteiger charge is -2.10. The van der Waals surface area contributed by atoms with Crippen molar-refractivity contribution in [1.29, 1.82) is 0 Å². The van der Waals surface area contributed by atoms with Crippen LogP contribution < -0.4 is 4.72 Å². The quantitative estimate of drug-likeness (QED) is 0.865. The van der Waals surface area contributed by atoms with Gasteiger partial charge >= 0.3 is 5.97 Å². The molecule has 0 aromatic heterocycles. The molecule has 0 radical (unpaired) electrons. The van der Waals surface area contributed by atoms with Crippen molar-refractivity contribution >= 4 is 37.6 Å². The van der Waals surface area contributed by atoms with E-state index < -0.39 is 16.0 Å². The summed E-state index contributed by atoms with van der Waals surface area (Å²) in [5.41, 5.74) is 0.304. The van der Waals surface area contributed by atoms with E-state index in [0.29, 0.717) is 4.47 Å². The second-order valence-electron chi connectivity index (χ2n) is 4.33. The number of benzene rings is 1. The molecule has 0 atom stereocenters. The molecule has 0 unspecified atom stereocenters. The summed E-state index contributed by atoms with van der Waals surface area (Å²) in [5, 5.41) is 8.86. The summed E-state index contributed by atoms with van der Waals surface area (Å²) < 4.78 is 26.5. The van der Waals surface area contributed by atoms with Crippen molar-refractivity contribution in [2.75, 3.05) is 10.5 Å². The third-order valence-electron chi connectivity index (χ3n) is 2.63. The topological polar surface area (TPSA) is 83.5 Å². The van der Waals surface area contributed by atoms with Crippen LogP contribution in [-0.4, -0.2) is 25.2 Å². The lowest BCUT2D eigenvalue weighted by Crippen LogP contribution is -2.18. The van der Waals surface area contributed by atoms with Crippen LogP contribution in [0.5, 0.6) is 0 Å². The van der Waals surface area contributed by atoms with Gasteiger partial charge in [0.15, 0.2) is 0 Å². The largest absolute Gasteiger partial charge is 0.478 e. The predicted molar refractivity (Wildman–Crippen MR) is 71.2 cm³/mol. The minimum atomic E-state index is -3.41. The fourth-order valence-corrected chi connectivity index (χ4v) is 3.56.